The number of nitrogens with zero attached hydrogens (tertiary/aromatic N) is 1. The van der Waals surface area contributed by atoms with Crippen LogP contribution in [0, 0.1) is 0 Å². The van der Waals surface area contributed by atoms with Gasteiger partial charge in [-0.05, 0) is 6.42 Å². The monoisotopic (exact) mass is 200 g/mol. The van der Waals surface area contributed by atoms with Crippen molar-refractivity contribution in [2.45, 2.75) is 19.3 Å². The van der Waals surface area contributed by atoms with Crippen molar-refractivity contribution < 1.29 is 9.37 Å². The number of hydrogen-bond donors (Lipinski definition) is 0. The summed E-state index contributed by atoms with van der Waals surface area (Å²) < 4.78 is 1.76. The lowest BCUT2D eigenvalue weighted by atomic mass is 10.1. The van der Waals surface area contributed by atoms with Crippen LogP contribution in [0.5, 0.6) is 0 Å². The Labute approximate surface area is 89.6 Å². The van der Waals surface area contributed by atoms with Gasteiger partial charge in [-0.3, -0.25) is 0 Å². The second-order valence-electron chi connectivity index (χ2n) is 3.61. The van der Waals surface area contributed by atoms with E-state index in [9.17, 15) is 4.79 Å². The number of hydrogen-bond acceptors (Lipinski definition) is 1. The molecule has 0 bridgehead atoms. The van der Waals surface area contributed by atoms with Crippen LogP contribution >= 0.6 is 0 Å². The zero-order valence-electron chi connectivity index (χ0n) is 8.65. The molecule has 1 amide bonds. The first kappa shape index (κ1) is 9.84. The summed E-state index contributed by atoms with van der Waals surface area (Å²) in [5.41, 5.74) is 2.15. The van der Waals surface area contributed by atoms with Gasteiger partial charge in [-0.2, -0.15) is 0 Å². The van der Waals surface area contributed by atoms with Gasteiger partial charge in [-0.25, -0.2) is 4.79 Å². The van der Waals surface area contributed by atoms with E-state index in [1.54, 1.807) is 4.58 Å². The second-order valence-corrected chi connectivity index (χ2v) is 3.61. The third kappa shape index (κ3) is 1.89. The highest BCUT2D eigenvalue weighted by atomic mass is 16.2. The standard InChI is InChI=1S/C13H14NO/c1-2-6-11-7-3-4-8-12(11)14-10-5-9-13(14)15/h2-4,7-8,10H,1,5-6,9H2/q+1. The number of allylic oxidation sites excluding steroid dienone is 1. The quantitative estimate of drug-likeness (QED) is 0.542. The fraction of sp³-hybridized carbons (Fsp3) is 0.231. The Bertz CT molecular complexity index is 432. The zero-order chi connectivity index (χ0) is 10.7. The lowest BCUT2D eigenvalue weighted by molar-refractivity contribution is -0.357. The minimum absolute atomic E-state index is 0.187. The highest BCUT2D eigenvalue weighted by Gasteiger charge is 2.27. The first-order valence-corrected chi connectivity index (χ1v) is 5.17. The van der Waals surface area contributed by atoms with Gasteiger partial charge in [-0.1, -0.05) is 24.3 Å². The SMILES string of the molecule is C=CCc1ccccc1[N+]1=CCCC1=O. The molecule has 0 aliphatic carbocycles. The van der Waals surface area contributed by atoms with Crippen LogP contribution in [0.15, 0.2) is 36.9 Å². The first-order chi connectivity index (χ1) is 7.33. The van der Waals surface area contributed by atoms with Gasteiger partial charge in [0.15, 0.2) is 6.21 Å². The van der Waals surface area contributed by atoms with Gasteiger partial charge >= 0.3 is 5.91 Å². The molecule has 0 N–H and O–H groups in total. The molecule has 0 fully saturated rings. The van der Waals surface area contributed by atoms with E-state index >= 15 is 0 Å². The molecule has 1 aromatic rings. The number of benzene rings is 1. The van der Waals surface area contributed by atoms with Crippen molar-refractivity contribution in [2.24, 2.45) is 0 Å². The summed E-state index contributed by atoms with van der Waals surface area (Å²) in [7, 11) is 0. The van der Waals surface area contributed by atoms with Crippen molar-refractivity contribution >= 4 is 17.8 Å². The smallest absolute Gasteiger partial charge is 0.219 e. The van der Waals surface area contributed by atoms with Gasteiger partial charge in [0.1, 0.15) is 0 Å². The number of amides is 1. The largest absolute Gasteiger partial charge is 0.392 e. The maximum absolute atomic E-state index is 11.6. The van der Waals surface area contributed by atoms with Crippen LogP contribution < -0.4 is 0 Å². The Morgan fingerprint density at radius 2 is 2.20 bits per heavy atom. The van der Waals surface area contributed by atoms with Crippen LogP contribution in [-0.4, -0.2) is 16.7 Å². The van der Waals surface area contributed by atoms with E-state index < -0.39 is 0 Å². The molecule has 1 heterocycles. The zero-order valence-corrected chi connectivity index (χ0v) is 8.65. The molecular formula is C13H14NO+. The third-order valence-corrected chi connectivity index (χ3v) is 2.55. The van der Waals surface area contributed by atoms with Gasteiger partial charge < -0.3 is 0 Å². The maximum Gasteiger partial charge on any atom is 0.392 e. The maximum atomic E-state index is 11.6. The first-order valence-electron chi connectivity index (χ1n) is 5.17. The van der Waals surface area contributed by atoms with Crippen LogP contribution in [0.2, 0.25) is 0 Å². The fourth-order valence-electron chi connectivity index (χ4n) is 1.85. The third-order valence-electron chi connectivity index (χ3n) is 2.55. The fourth-order valence-corrected chi connectivity index (χ4v) is 1.85. The molecular weight excluding hydrogens is 186 g/mol. The van der Waals surface area contributed by atoms with Crippen molar-refractivity contribution in [3.63, 3.8) is 0 Å². The Hall–Kier alpha value is -1.70. The molecule has 1 aromatic carbocycles. The molecule has 1 aliphatic heterocycles. The number of rotatable bonds is 3. The van der Waals surface area contributed by atoms with Crippen molar-refractivity contribution in [3.05, 3.63) is 42.5 Å². The van der Waals surface area contributed by atoms with Gasteiger partial charge in [0.2, 0.25) is 5.69 Å². The molecule has 0 spiro atoms. The van der Waals surface area contributed by atoms with Gasteiger partial charge in [0.25, 0.3) is 0 Å². The van der Waals surface area contributed by atoms with Crippen LogP contribution in [-0.2, 0) is 11.2 Å². The molecule has 0 aromatic heterocycles. The summed E-state index contributed by atoms with van der Waals surface area (Å²) in [5.74, 6) is 0.187. The summed E-state index contributed by atoms with van der Waals surface area (Å²) in [4.78, 5) is 11.6. The Morgan fingerprint density at radius 3 is 2.87 bits per heavy atom. The van der Waals surface area contributed by atoms with Crippen molar-refractivity contribution in [1.29, 1.82) is 0 Å². The molecule has 2 rings (SSSR count). The molecule has 1 aliphatic rings. The van der Waals surface area contributed by atoms with E-state index in [4.69, 9.17) is 0 Å². The lowest BCUT2D eigenvalue weighted by Gasteiger charge is -2.01. The van der Waals surface area contributed by atoms with E-state index in [1.165, 1.54) is 0 Å². The average molecular weight is 200 g/mol. The van der Waals surface area contributed by atoms with Gasteiger partial charge in [-0.15, -0.1) is 11.2 Å². The molecule has 76 valence electrons. The van der Waals surface area contributed by atoms with Crippen LogP contribution in [0.1, 0.15) is 18.4 Å². The number of para-hydroxylation sites is 1. The van der Waals surface area contributed by atoms with E-state index in [2.05, 4.69) is 6.58 Å². The summed E-state index contributed by atoms with van der Waals surface area (Å²) in [6, 6.07) is 7.97. The number of carbonyl (C=O) groups excluding carboxylic acids is 1. The van der Waals surface area contributed by atoms with Crippen LogP contribution in [0.4, 0.5) is 5.69 Å². The molecule has 0 atom stereocenters. The molecule has 2 nitrogen and oxygen atoms in total. The van der Waals surface area contributed by atoms with E-state index in [-0.39, 0.29) is 5.91 Å². The topological polar surface area (TPSA) is 20.1 Å². The molecule has 15 heavy (non-hydrogen) atoms. The Balaban J connectivity index is 2.42. The average Bonchev–Trinajstić information content (AvgIpc) is 2.66. The molecule has 0 radical (unpaired) electrons. The molecule has 0 saturated carbocycles. The minimum atomic E-state index is 0.187. The molecule has 0 saturated heterocycles. The predicted octanol–water partition coefficient (Wildman–Crippen LogP) is 2.45. The highest BCUT2D eigenvalue weighted by Crippen LogP contribution is 2.22. The Kier molecular flexibility index (Phi) is 2.77. The number of carbonyl (C=O) groups is 1. The van der Waals surface area contributed by atoms with Crippen LogP contribution in [0.25, 0.3) is 0 Å². The van der Waals surface area contributed by atoms with Gasteiger partial charge in [0, 0.05) is 18.1 Å². The summed E-state index contributed by atoms with van der Waals surface area (Å²) in [6.45, 7) is 3.73. The van der Waals surface area contributed by atoms with E-state index in [1.807, 2.05) is 36.6 Å². The molecule has 2 heteroatoms. The second kappa shape index (κ2) is 4.22. The summed E-state index contributed by atoms with van der Waals surface area (Å²) in [5, 5.41) is 0. The Morgan fingerprint density at radius 1 is 1.40 bits per heavy atom. The summed E-state index contributed by atoms with van der Waals surface area (Å²) >= 11 is 0. The van der Waals surface area contributed by atoms with E-state index in [0.29, 0.717) is 6.42 Å². The van der Waals surface area contributed by atoms with Crippen molar-refractivity contribution in [1.82, 2.24) is 0 Å². The van der Waals surface area contributed by atoms with E-state index in [0.717, 1.165) is 24.1 Å². The van der Waals surface area contributed by atoms with Crippen molar-refractivity contribution in [2.75, 3.05) is 0 Å². The normalized spacial score (nSPS) is 15.2. The van der Waals surface area contributed by atoms with Crippen LogP contribution in [0.3, 0.4) is 0 Å². The summed E-state index contributed by atoms with van der Waals surface area (Å²) in [6.07, 6.45) is 6.10. The van der Waals surface area contributed by atoms with Crippen molar-refractivity contribution in [3.8, 4) is 0 Å². The minimum Gasteiger partial charge on any atom is -0.219 e. The predicted molar refractivity (Wildman–Crippen MR) is 60.6 cm³/mol. The lowest BCUT2D eigenvalue weighted by Crippen LogP contribution is -2.10. The van der Waals surface area contributed by atoms with Gasteiger partial charge in [0.05, 0.1) is 6.42 Å². The molecule has 0 unspecified atom stereocenters. The highest BCUT2D eigenvalue weighted by molar-refractivity contribution is 5.82.